The monoisotopic (exact) mass is 275 g/mol. The zero-order valence-corrected chi connectivity index (χ0v) is 11.0. The minimum absolute atomic E-state index is 0.325. The van der Waals surface area contributed by atoms with E-state index in [1.165, 1.54) is 5.41 Å². The first kappa shape index (κ1) is 12.0. The number of rotatable bonds is 4. The van der Waals surface area contributed by atoms with Crippen LogP contribution in [-0.4, -0.2) is 19.6 Å². The Labute approximate surface area is 111 Å². The van der Waals surface area contributed by atoms with Crippen molar-refractivity contribution in [1.82, 2.24) is 4.57 Å². The molecule has 0 amide bonds. The van der Waals surface area contributed by atoms with E-state index in [2.05, 4.69) is 0 Å². The molecule has 2 aromatic rings. The van der Waals surface area contributed by atoms with Crippen molar-refractivity contribution < 1.29 is 13.2 Å². The second-order valence-corrected chi connectivity index (χ2v) is 6.09. The van der Waals surface area contributed by atoms with Crippen molar-refractivity contribution in [2.75, 3.05) is 6.61 Å². The van der Waals surface area contributed by atoms with Crippen LogP contribution in [0, 0.1) is 0 Å². The van der Waals surface area contributed by atoms with E-state index in [1.807, 2.05) is 29.1 Å². The Hall–Kier alpha value is -2.01. The molecule has 0 radical (unpaired) electrons. The maximum atomic E-state index is 11.7. The van der Waals surface area contributed by atoms with E-state index in [4.69, 9.17) is 4.74 Å². The topological polar surface area (TPSA) is 48.3 Å². The van der Waals surface area contributed by atoms with Gasteiger partial charge in [-0.05, 0) is 30.3 Å². The molecule has 0 saturated heterocycles. The number of sulfone groups is 1. The van der Waals surface area contributed by atoms with Gasteiger partial charge < -0.3 is 9.30 Å². The molecule has 0 fully saturated rings. The van der Waals surface area contributed by atoms with Crippen LogP contribution in [0.2, 0.25) is 0 Å². The van der Waals surface area contributed by atoms with Crippen LogP contribution in [0.1, 0.15) is 5.56 Å². The number of ether oxygens (including phenoxy) is 1. The molecule has 1 aliphatic rings. The van der Waals surface area contributed by atoms with Crippen LogP contribution in [0.3, 0.4) is 0 Å². The van der Waals surface area contributed by atoms with Gasteiger partial charge in [-0.25, -0.2) is 8.42 Å². The smallest absolute Gasteiger partial charge is 0.200 e. The van der Waals surface area contributed by atoms with Gasteiger partial charge in [-0.1, -0.05) is 6.07 Å². The molecule has 0 N–H and O–H groups in total. The van der Waals surface area contributed by atoms with Gasteiger partial charge in [-0.15, -0.1) is 0 Å². The summed E-state index contributed by atoms with van der Waals surface area (Å²) in [6.45, 7) is 1.23. The van der Waals surface area contributed by atoms with E-state index in [0.29, 0.717) is 22.8 Å². The first-order valence-corrected chi connectivity index (χ1v) is 7.51. The van der Waals surface area contributed by atoms with Crippen molar-refractivity contribution in [3.8, 4) is 5.75 Å². The highest BCUT2D eigenvalue weighted by atomic mass is 32.2. The lowest BCUT2D eigenvalue weighted by Crippen LogP contribution is -2.07. The van der Waals surface area contributed by atoms with Crippen LogP contribution in [0.4, 0.5) is 0 Å². The third-order valence-electron chi connectivity index (χ3n) is 3.02. The van der Waals surface area contributed by atoms with E-state index in [0.717, 1.165) is 6.54 Å². The first-order chi connectivity index (χ1) is 9.17. The Kier molecular flexibility index (Phi) is 2.91. The van der Waals surface area contributed by atoms with Gasteiger partial charge in [0.2, 0.25) is 9.84 Å². The van der Waals surface area contributed by atoms with Crippen molar-refractivity contribution in [2.45, 2.75) is 11.4 Å². The van der Waals surface area contributed by atoms with E-state index in [1.54, 1.807) is 24.3 Å². The summed E-state index contributed by atoms with van der Waals surface area (Å²) < 4.78 is 31.1. The Balaban J connectivity index is 1.76. The fourth-order valence-electron chi connectivity index (χ4n) is 2.07. The van der Waals surface area contributed by atoms with E-state index >= 15 is 0 Å². The third-order valence-corrected chi connectivity index (χ3v) is 4.48. The minimum atomic E-state index is -3.26. The van der Waals surface area contributed by atoms with Gasteiger partial charge in [0, 0.05) is 23.4 Å². The summed E-state index contributed by atoms with van der Waals surface area (Å²) in [5, 5.41) is 1.22. The largest absolute Gasteiger partial charge is 0.491 e. The Morgan fingerprint density at radius 2 is 1.89 bits per heavy atom. The van der Waals surface area contributed by atoms with Crippen LogP contribution in [-0.2, 0) is 16.4 Å². The molecule has 5 heteroatoms. The number of hydrogen-bond acceptors (Lipinski definition) is 3. The van der Waals surface area contributed by atoms with Gasteiger partial charge in [0.1, 0.15) is 12.4 Å². The summed E-state index contributed by atoms with van der Waals surface area (Å²) in [4.78, 5) is 0.325. The Morgan fingerprint density at radius 3 is 2.68 bits per heavy atom. The molecule has 0 aliphatic carbocycles. The zero-order valence-electron chi connectivity index (χ0n) is 10.2. The Bertz CT molecular complexity index is 715. The maximum Gasteiger partial charge on any atom is 0.200 e. The molecule has 0 atom stereocenters. The average molecular weight is 275 g/mol. The fourth-order valence-corrected chi connectivity index (χ4v) is 3.28. The van der Waals surface area contributed by atoms with Crippen LogP contribution in [0.15, 0.2) is 53.0 Å². The molecular weight excluding hydrogens is 262 g/mol. The molecule has 0 unspecified atom stereocenters. The van der Waals surface area contributed by atoms with Crippen LogP contribution in [0.5, 0.6) is 5.75 Å². The number of hydrogen-bond donors (Lipinski definition) is 0. The van der Waals surface area contributed by atoms with Crippen LogP contribution in [0.25, 0.3) is 6.08 Å². The molecule has 1 aromatic carbocycles. The standard InChI is InChI=1S/C14H13NO3S/c16-19(17)11-6-12-13(4-3-5-14(12)19)18-10-9-15-7-1-2-8-15/h1-8,11H,9-10H2. The number of nitrogens with zero attached hydrogens (tertiary/aromatic N) is 1. The average Bonchev–Trinajstić information content (AvgIpc) is 2.99. The van der Waals surface area contributed by atoms with E-state index in [-0.39, 0.29) is 0 Å². The predicted octanol–water partition coefficient (Wildman–Crippen LogP) is 2.33. The second kappa shape index (κ2) is 4.59. The molecule has 98 valence electrons. The van der Waals surface area contributed by atoms with Gasteiger partial charge >= 0.3 is 0 Å². The second-order valence-electron chi connectivity index (χ2n) is 4.29. The molecule has 1 aliphatic heterocycles. The van der Waals surface area contributed by atoms with Gasteiger partial charge in [-0.3, -0.25) is 0 Å². The quantitative estimate of drug-likeness (QED) is 0.860. The van der Waals surface area contributed by atoms with Gasteiger partial charge in [-0.2, -0.15) is 0 Å². The molecule has 0 saturated carbocycles. The zero-order chi connectivity index (χ0) is 13.3. The maximum absolute atomic E-state index is 11.7. The van der Waals surface area contributed by atoms with E-state index < -0.39 is 9.84 Å². The lowest BCUT2D eigenvalue weighted by molar-refractivity contribution is 0.297. The number of fused-ring (bicyclic) bond motifs is 1. The molecule has 3 rings (SSSR count). The van der Waals surface area contributed by atoms with Crippen molar-refractivity contribution >= 4 is 15.9 Å². The lowest BCUT2D eigenvalue weighted by atomic mass is 10.2. The van der Waals surface area contributed by atoms with Crippen molar-refractivity contribution in [2.24, 2.45) is 0 Å². The lowest BCUT2D eigenvalue weighted by Gasteiger charge is -2.10. The highest BCUT2D eigenvalue weighted by Crippen LogP contribution is 2.33. The van der Waals surface area contributed by atoms with Crippen LogP contribution < -0.4 is 4.74 Å². The van der Waals surface area contributed by atoms with Crippen molar-refractivity contribution in [1.29, 1.82) is 0 Å². The van der Waals surface area contributed by atoms with E-state index in [9.17, 15) is 8.42 Å². The van der Waals surface area contributed by atoms with Gasteiger partial charge in [0.05, 0.1) is 11.4 Å². The highest BCUT2D eigenvalue weighted by Gasteiger charge is 2.23. The molecule has 2 heterocycles. The fraction of sp³-hybridized carbons (Fsp3) is 0.143. The number of benzene rings is 1. The summed E-state index contributed by atoms with van der Waals surface area (Å²) >= 11 is 0. The molecule has 0 bridgehead atoms. The summed E-state index contributed by atoms with van der Waals surface area (Å²) in [5.74, 6) is 0.613. The summed E-state index contributed by atoms with van der Waals surface area (Å²) in [6.07, 6.45) is 5.52. The Morgan fingerprint density at radius 1 is 1.11 bits per heavy atom. The molecule has 19 heavy (non-hydrogen) atoms. The molecule has 4 nitrogen and oxygen atoms in total. The van der Waals surface area contributed by atoms with Crippen LogP contribution >= 0.6 is 0 Å². The highest BCUT2D eigenvalue weighted by molar-refractivity contribution is 7.94. The third kappa shape index (κ3) is 2.29. The summed E-state index contributed by atoms with van der Waals surface area (Å²) in [6, 6.07) is 9.00. The molecule has 0 spiro atoms. The summed E-state index contributed by atoms with van der Waals surface area (Å²) in [5.41, 5.74) is 0.648. The minimum Gasteiger partial charge on any atom is -0.491 e. The SMILES string of the molecule is O=S1(=O)C=Cc2c(OCCn3cccc3)cccc21. The van der Waals surface area contributed by atoms with Crippen molar-refractivity contribution in [3.05, 3.63) is 53.7 Å². The normalized spacial score (nSPS) is 15.4. The molecule has 1 aromatic heterocycles. The van der Waals surface area contributed by atoms with Crippen molar-refractivity contribution in [3.63, 3.8) is 0 Å². The molecular formula is C14H13NO3S. The van der Waals surface area contributed by atoms with Gasteiger partial charge in [0.25, 0.3) is 0 Å². The number of aromatic nitrogens is 1. The summed E-state index contributed by atoms with van der Waals surface area (Å²) in [7, 11) is -3.26. The van der Waals surface area contributed by atoms with Gasteiger partial charge in [0.15, 0.2) is 0 Å². The predicted molar refractivity (Wildman–Crippen MR) is 72.6 cm³/mol. The first-order valence-electron chi connectivity index (χ1n) is 5.96.